The molecule has 0 aliphatic heterocycles. The highest BCUT2D eigenvalue weighted by Crippen LogP contribution is 2.02. The van der Waals surface area contributed by atoms with Crippen molar-refractivity contribution in [1.82, 2.24) is 9.97 Å². The molecule has 19 heavy (non-hydrogen) atoms. The van der Waals surface area contributed by atoms with Crippen LogP contribution in [-0.2, 0) is 0 Å². The van der Waals surface area contributed by atoms with E-state index < -0.39 is 0 Å². The third kappa shape index (κ3) is 7.76. The standard InChI is InChI=1S/C7H10N2.C6H8N2.C2H6/c1-9(2)7-5-3-4-6-8-7;1-7-6-4-2-3-5-8-6;1-2/h3-6H,1-2H3;2-5H,1H3,(H,7,8);1-2H3. The van der Waals surface area contributed by atoms with Gasteiger partial charge in [-0.15, -0.1) is 0 Å². The average molecular weight is 260 g/mol. The lowest BCUT2D eigenvalue weighted by atomic mass is 10.4. The van der Waals surface area contributed by atoms with Gasteiger partial charge in [-0.25, -0.2) is 9.97 Å². The van der Waals surface area contributed by atoms with Crippen LogP contribution in [0.4, 0.5) is 11.6 Å². The van der Waals surface area contributed by atoms with Crippen molar-refractivity contribution in [3.05, 3.63) is 48.8 Å². The van der Waals surface area contributed by atoms with Crippen molar-refractivity contribution in [2.24, 2.45) is 0 Å². The summed E-state index contributed by atoms with van der Waals surface area (Å²) in [6.45, 7) is 4.00. The van der Waals surface area contributed by atoms with Crippen LogP contribution in [-0.4, -0.2) is 31.1 Å². The zero-order valence-electron chi connectivity index (χ0n) is 12.5. The second kappa shape index (κ2) is 11.0. The van der Waals surface area contributed by atoms with E-state index in [-0.39, 0.29) is 0 Å². The van der Waals surface area contributed by atoms with Crippen LogP contribution < -0.4 is 10.2 Å². The molecular weight excluding hydrogens is 236 g/mol. The Bertz CT molecular complexity index is 401. The fourth-order valence-electron chi connectivity index (χ4n) is 1.13. The topological polar surface area (TPSA) is 41.1 Å². The Kier molecular flexibility index (Phi) is 9.80. The van der Waals surface area contributed by atoms with E-state index in [4.69, 9.17) is 0 Å². The minimum atomic E-state index is 0.910. The molecule has 0 saturated heterocycles. The monoisotopic (exact) mass is 260 g/mol. The molecule has 2 aromatic rings. The third-order valence-electron chi connectivity index (χ3n) is 2.03. The van der Waals surface area contributed by atoms with Crippen molar-refractivity contribution in [3.8, 4) is 0 Å². The number of hydrogen-bond acceptors (Lipinski definition) is 4. The summed E-state index contributed by atoms with van der Waals surface area (Å²) in [7, 11) is 5.80. The zero-order chi connectivity index (χ0) is 14.5. The SMILES string of the molecule is CC.CN(C)c1ccccn1.CNc1ccccn1. The smallest absolute Gasteiger partial charge is 0.127 e. The lowest BCUT2D eigenvalue weighted by molar-refractivity contribution is 1.07. The number of nitrogens with zero attached hydrogens (tertiary/aromatic N) is 3. The Balaban J connectivity index is 0.000000303. The lowest BCUT2D eigenvalue weighted by Crippen LogP contribution is -2.09. The highest BCUT2D eigenvalue weighted by molar-refractivity contribution is 5.34. The van der Waals surface area contributed by atoms with Gasteiger partial charge in [0.05, 0.1) is 0 Å². The fraction of sp³-hybridized carbons (Fsp3) is 0.333. The van der Waals surface area contributed by atoms with Gasteiger partial charge in [0.25, 0.3) is 0 Å². The molecule has 2 rings (SSSR count). The van der Waals surface area contributed by atoms with Gasteiger partial charge < -0.3 is 10.2 Å². The summed E-state index contributed by atoms with van der Waals surface area (Å²) in [4.78, 5) is 10.1. The predicted octanol–water partition coefficient (Wildman–Crippen LogP) is 3.30. The highest BCUT2D eigenvalue weighted by atomic mass is 15.1. The number of nitrogens with one attached hydrogen (secondary N) is 1. The number of aromatic nitrogens is 2. The van der Waals surface area contributed by atoms with Gasteiger partial charge in [-0.2, -0.15) is 0 Å². The molecule has 0 atom stereocenters. The Morgan fingerprint density at radius 2 is 1.47 bits per heavy atom. The van der Waals surface area contributed by atoms with Gasteiger partial charge in [-0.1, -0.05) is 26.0 Å². The first kappa shape index (κ1) is 16.9. The van der Waals surface area contributed by atoms with Crippen LogP contribution in [0.3, 0.4) is 0 Å². The van der Waals surface area contributed by atoms with Gasteiger partial charge in [-0.05, 0) is 24.3 Å². The van der Waals surface area contributed by atoms with E-state index in [9.17, 15) is 0 Å². The van der Waals surface area contributed by atoms with Crippen molar-refractivity contribution in [1.29, 1.82) is 0 Å². The molecule has 0 aliphatic rings. The molecule has 2 aromatic heterocycles. The summed E-state index contributed by atoms with van der Waals surface area (Å²) >= 11 is 0. The molecule has 0 spiro atoms. The molecule has 0 aromatic carbocycles. The molecule has 0 radical (unpaired) electrons. The molecule has 1 N–H and O–H groups in total. The summed E-state index contributed by atoms with van der Waals surface area (Å²) in [5.74, 6) is 1.91. The predicted molar refractivity (Wildman–Crippen MR) is 83.7 cm³/mol. The average Bonchev–Trinajstić information content (AvgIpc) is 2.51. The van der Waals surface area contributed by atoms with Crippen molar-refractivity contribution in [3.63, 3.8) is 0 Å². The second-order valence-corrected chi connectivity index (χ2v) is 3.55. The van der Waals surface area contributed by atoms with Gasteiger partial charge in [0, 0.05) is 33.5 Å². The minimum Gasteiger partial charge on any atom is -0.373 e. The van der Waals surface area contributed by atoms with E-state index in [1.807, 2.05) is 76.3 Å². The van der Waals surface area contributed by atoms with Crippen molar-refractivity contribution in [2.45, 2.75) is 13.8 Å². The maximum absolute atomic E-state index is 4.10. The normalized spacial score (nSPS) is 8.26. The molecule has 0 aliphatic carbocycles. The third-order valence-corrected chi connectivity index (χ3v) is 2.03. The Hall–Kier alpha value is -2.10. The van der Waals surface area contributed by atoms with Gasteiger partial charge in [0.1, 0.15) is 11.6 Å². The van der Waals surface area contributed by atoms with Crippen LogP contribution >= 0.6 is 0 Å². The van der Waals surface area contributed by atoms with Crippen molar-refractivity contribution in [2.75, 3.05) is 31.4 Å². The van der Waals surface area contributed by atoms with Crippen LogP contribution in [0.5, 0.6) is 0 Å². The van der Waals surface area contributed by atoms with Crippen LogP contribution in [0.1, 0.15) is 13.8 Å². The molecule has 2 heterocycles. The van der Waals surface area contributed by atoms with Crippen LogP contribution in [0.25, 0.3) is 0 Å². The largest absolute Gasteiger partial charge is 0.373 e. The maximum atomic E-state index is 4.10. The maximum Gasteiger partial charge on any atom is 0.127 e. The summed E-state index contributed by atoms with van der Waals surface area (Å²) in [5.41, 5.74) is 0. The number of hydrogen-bond donors (Lipinski definition) is 1. The second-order valence-electron chi connectivity index (χ2n) is 3.55. The molecule has 0 bridgehead atoms. The zero-order valence-corrected chi connectivity index (χ0v) is 12.5. The summed E-state index contributed by atoms with van der Waals surface area (Å²) in [5, 5.41) is 2.92. The Labute approximate surface area is 116 Å². The van der Waals surface area contributed by atoms with Crippen molar-refractivity contribution >= 4 is 11.6 Å². The van der Waals surface area contributed by atoms with Crippen molar-refractivity contribution < 1.29 is 0 Å². The van der Waals surface area contributed by atoms with E-state index >= 15 is 0 Å². The van der Waals surface area contributed by atoms with E-state index in [1.54, 1.807) is 12.4 Å². The molecule has 4 nitrogen and oxygen atoms in total. The molecule has 0 saturated carbocycles. The lowest BCUT2D eigenvalue weighted by Gasteiger charge is -2.08. The first-order valence-corrected chi connectivity index (χ1v) is 6.41. The van der Waals surface area contributed by atoms with Gasteiger partial charge in [-0.3, -0.25) is 0 Å². The number of pyridine rings is 2. The van der Waals surface area contributed by atoms with Gasteiger partial charge in [0.15, 0.2) is 0 Å². The first-order chi connectivity index (χ1) is 9.24. The molecule has 0 unspecified atom stereocenters. The van der Waals surface area contributed by atoms with E-state index in [1.165, 1.54) is 0 Å². The highest BCUT2D eigenvalue weighted by Gasteiger charge is 1.89. The first-order valence-electron chi connectivity index (χ1n) is 6.41. The number of rotatable bonds is 2. The molecule has 0 amide bonds. The molecule has 0 fully saturated rings. The van der Waals surface area contributed by atoms with Crippen LogP contribution in [0.15, 0.2) is 48.8 Å². The van der Waals surface area contributed by atoms with Gasteiger partial charge in [0.2, 0.25) is 0 Å². The van der Waals surface area contributed by atoms with E-state index in [0.29, 0.717) is 0 Å². The Morgan fingerprint density at radius 3 is 1.74 bits per heavy atom. The van der Waals surface area contributed by atoms with Gasteiger partial charge >= 0.3 is 0 Å². The molecule has 4 heteroatoms. The fourth-order valence-corrected chi connectivity index (χ4v) is 1.13. The molecular formula is C15H24N4. The van der Waals surface area contributed by atoms with Crippen LogP contribution in [0.2, 0.25) is 0 Å². The number of anilines is 2. The summed E-state index contributed by atoms with van der Waals surface area (Å²) in [6, 6.07) is 11.6. The summed E-state index contributed by atoms with van der Waals surface area (Å²) in [6.07, 6.45) is 3.54. The van der Waals surface area contributed by atoms with E-state index in [0.717, 1.165) is 11.6 Å². The van der Waals surface area contributed by atoms with E-state index in [2.05, 4.69) is 15.3 Å². The molecule has 104 valence electrons. The Morgan fingerprint density at radius 1 is 0.895 bits per heavy atom. The summed E-state index contributed by atoms with van der Waals surface area (Å²) < 4.78 is 0. The minimum absolute atomic E-state index is 0.910. The van der Waals surface area contributed by atoms with Crippen LogP contribution in [0, 0.1) is 0 Å². The quantitative estimate of drug-likeness (QED) is 0.899.